The van der Waals surface area contributed by atoms with E-state index in [0.717, 1.165) is 16.8 Å². The third kappa shape index (κ3) is 4.28. The Morgan fingerprint density at radius 1 is 1.09 bits per heavy atom. The number of hydrogen-bond acceptors (Lipinski definition) is 4. The molecule has 4 rings (SSSR count). The van der Waals surface area contributed by atoms with E-state index in [1.54, 1.807) is 16.4 Å². The van der Waals surface area contributed by atoms with Crippen molar-refractivity contribution in [1.82, 2.24) is 14.5 Å². The predicted molar refractivity (Wildman–Crippen MR) is 122 cm³/mol. The van der Waals surface area contributed by atoms with E-state index >= 15 is 0 Å². The second-order valence-electron chi connectivity index (χ2n) is 7.64. The van der Waals surface area contributed by atoms with Gasteiger partial charge in [-0.1, -0.05) is 66.6 Å². The van der Waals surface area contributed by atoms with Crippen LogP contribution in [0.5, 0.6) is 0 Å². The first-order chi connectivity index (χ1) is 15.6. The highest BCUT2D eigenvalue weighted by atomic mass is 16.6. The first kappa shape index (κ1) is 21.4. The fourth-order valence-electron chi connectivity index (χ4n) is 4.09. The first-order valence-corrected chi connectivity index (χ1v) is 10.6. The Morgan fingerprint density at radius 3 is 2.31 bits per heavy atom. The number of benzene rings is 2. The van der Waals surface area contributed by atoms with E-state index in [1.165, 1.54) is 0 Å². The highest BCUT2D eigenvalue weighted by Gasteiger charge is 2.29. The number of aryl methyl sites for hydroxylation is 1. The van der Waals surface area contributed by atoms with Gasteiger partial charge < -0.3 is 9.64 Å². The lowest BCUT2D eigenvalue weighted by molar-refractivity contribution is 0.108. The number of ether oxygens (including phenoxy) is 1. The SMILES string of the molecule is CC#CCOC(=O)N1CCc2nc(C)n(C(c3ccccc3)c3ccccc3)c(=O)c2C1. The standard InChI is InChI=1S/C26H25N3O3/c1-3-4-17-32-26(31)28-16-15-23-22(18-28)25(30)29(19(2)27-23)24(20-11-7-5-8-12-20)21-13-9-6-10-14-21/h5-14,24H,15-18H2,1-2H3. The minimum Gasteiger partial charge on any atom is -0.436 e. The van der Waals surface area contributed by atoms with Gasteiger partial charge in [-0.3, -0.25) is 9.36 Å². The van der Waals surface area contributed by atoms with Gasteiger partial charge in [0.1, 0.15) is 5.82 Å². The molecule has 0 bridgehead atoms. The number of amides is 1. The van der Waals surface area contributed by atoms with Crippen LogP contribution in [0, 0.1) is 18.8 Å². The molecule has 0 radical (unpaired) electrons. The maximum Gasteiger partial charge on any atom is 0.411 e. The van der Waals surface area contributed by atoms with Gasteiger partial charge in [0.05, 0.1) is 23.8 Å². The maximum atomic E-state index is 13.8. The van der Waals surface area contributed by atoms with Crippen LogP contribution in [0.1, 0.15) is 41.2 Å². The molecule has 0 aliphatic carbocycles. The molecule has 0 saturated carbocycles. The molecule has 1 amide bonds. The van der Waals surface area contributed by atoms with E-state index in [-0.39, 0.29) is 24.8 Å². The summed E-state index contributed by atoms with van der Waals surface area (Å²) >= 11 is 0. The van der Waals surface area contributed by atoms with E-state index in [4.69, 9.17) is 9.72 Å². The lowest BCUT2D eigenvalue weighted by Crippen LogP contribution is -2.42. The van der Waals surface area contributed by atoms with Crippen LogP contribution < -0.4 is 5.56 Å². The summed E-state index contributed by atoms with van der Waals surface area (Å²) in [6.45, 7) is 4.24. The van der Waals surface area contributed by atoms with Crippen molar-refractivity contribution in [3.05, 3.63) is 99.2 Å². The van der Waals surface area contributed by atoms with Gasteiger partial charge in [0.25, 0.3) is 5.56 Å². The summed E-state index contributed by atoms with van der Waals surface area (Å²) in [5, 5.41) is 0. The fourth-order valence-corrected chi connectivity index (χ4v) is 4.09. The molecule has 0 unspecified atom stereocenters. The summed E-state index contributed by atoms with van der Waals surface area (Å²) in [4.78, 5) is 32.5. The normalized spacial score (nSPS) is 12.7. The molecule has 0 saturated heterocycles. The Bertz CT molecular complexity index is 1180. The second-order valence-corrected chi connectivity index (χ2v) is 7.64. The van der Waals surface area contributed by atoms with Crippen molar-refractivity contribution in [1.29, 1.82) is 0 Å². The van der Waals surface area contributed by atoms with Gasteiger partial charge in [-0.05, 0) is 25.0 Å². The number of carbonyl (C=O) groups excluding carboxylic acids is 1. The van der Waals surface area contributed by atoms with Crippen LogP contribution in [0.25, 0.3) is 0 Å². The summed E-state index contributed by atoms with van der Waals surface area (Å²) in [5.74, 6) is 6.07. The van der Waals surface area contributed by atoms with Gasteiger partial charge in [-0.2, -0.15) is 0 Å². The van der Waals surface area contributed by atoms with E-state index in [1.807, 2.05) is 67.6 Å². The Kier molecular flexibility index (Phi) is 6.37. The van der Waals surface area contributed by atoms with Crippen molar-refractivity contribution in [2.24, 2.45) is 0 Å². The Hall–Kier alpha value is -3.85. The van der Waals surface area contributed by atoms with Crippen LogP contribution in [-0.2, 0) is 17.7 Å². The zero-order chi connectivity index (χ0) is 22.5. The van der Waals surface area contributed by atoms with Gasteiger partial charge in [-0.25, -0.2) is 9.78 Å². The molecule has 0 atom stereocenters. The second kappa shape index (κ2) is 9.52. The van der Waals surface area contributed by atoms with E-state index < -0.39 is 6.09 Å². The molecular formula is C26H25N3O3. The first-order valence-electron chi connectivity index (χ1n) is 10.6. The molecule has 1 aliphatic rings. The zero-order valence-electron chi connectivity index (χ0n) is 18.2. The zero-order valence-corrected chi connectivity index (χ0v) is 18.2. The Balaban J connectivity index is 1.77. The molecule has 3 aromatic rings. The summed E-state index contributed by atoms with van der Waals surface area (Å²) in [5.41, 5.74) is 3.15. The molecule has 1 aromatic heterocycles. The molecule has 2 heterocycles. The molecule has 32 heavy (non-hydrogen) atoms. The van der Waals surface area contributed by atoms with Crippen molar-refractivity contribution in [2.75, 3.05) is 13.2 Å². The van der Waals surface area contributed by atoms with Crippen molar-refractivity contribution in [3.8, 4) is 11.8 Å². The van der Waals surface area contributed by atoms with Crippen LogP contribution >= 0.6 is 0 Å². The fraction of sp³-hybridized carbons (Fsp3) is 0.269. The van der Waals surface area contributed by atoms with Crippen LogP contribution in [0.3, 0.4) is 0 Å². The lowest BCUT2D eigenvalue weighted by atomic mass is 9.97. The molecule has 0 spiro atoms. The van der Waals surface area contributed by atoms with Crippen molar-refractivity contribution < 1.29 is 9.53 Å². The molecule has 6 heteroatoms. The van der Waals surface area contributed by atoms with Crippen LogP contribution in [0.2, 0.25) is 0 Å². The number of rotatable bonds is 4. The number of nitrogens with zero attached hydrogens (tertiary/aromatic N) is 3. The topological polar surface area (TPSA) is 64.4 Å². The van der Waals surface area contributed by atoms with E-state index in [0.29, 0.717) is 24.4 Å². The molecule has 0 fully saturated rings. The molecule has 162 valence electrons. The van der Waals surface area contributed by atoms with Crippen LogP contribution in [0.15, 0.2) is 65.5 Å². The predicted octanol–water partition coefficient (Wildman–Crippen LogP) is 3.71. The Labute approximate surface area is 187 Å². The minimum atomic E-state index is -0.465. The highest BCUT2D eigenvalue weighted by Crippen LogP contribution is 2.27. The minimum absolute atomic E-state index is 0.0408. The van der Waals surface area contributed by atoms with Crippen molar-refractivity contribution in [2.45, 2.75) is 32.9 Å². The Morgan fingerprint density at radius 2 is 1.72 bits per heavy atom. The van der Waals surface area contributed by atoms with Gasteiger partial charge in [0.2, 0.25) is 0 Å². The molecule has 6 nitrogen and oxygen atoms in total. The summed E-state index contributed by atoms with van der Waals surface area (Å²) in [6.07, 6.45) is 0.0508. The average Bonchev–Trinajstić information content (AvgIpc) is 2.82. The maximum absolute atomic E-state index is 13.8. The highest BCUT2D eigenvalue weighted by molar-refractivity contribution is 5.68. The quantitative estimate of drug-likeness (QED) is 0.596. The largest absolute Gasteiger partial charge is 0.436 e. The lowest BCUT2D eigenvalue weighted by Gasteiger charge is -2.30. The van der Waals surface area contributed by atoms with Gasteiger partial charge in [0, 0.05) is 13.0 Å². The van der Waals surface area contributed by atoms with Crippen LogP contribution in [0.4, 0.5) is 4.79 Å². The smallest absolute Gasteiger partial charge is 0.411 e. The monoisotopic (exact) mass is 427 g/mol. The summed E-state index contributed by atoms with van der Waals surface area (Å²) < 4.78 is 6.94. The van der Waals surface area contributed by atoms with Crippen LogP contribution in [-0.4, -0.2) is 33.7 Å². The van der Waals surface area contributed by atoms with Gasteiger partial charge in [-0.15, -0.1) is 5.92 Å². The number of aromatic nitrogens is 2. The summed E-state index contributed by atoms with van der Waals surface area (Å²) in [6, 6.07) is 19.5. The van der Waals surface area contributed by atoms with Gasteiger partial charge in [0.15, 0.2) is 6.61 Å². The van der Waals surface area contributed by atoms with Crippen molar-refractivity contribution in [3.63, 3.8) is 0 Å². The van der Waals surface area contributed by atoms with Crippen molar-refractivity contribution >= 4 is 6.09 Å². The average molecular weight is 428 g/mol. The van der Waals surface area contributed by atoms with Gasteiger partial charge >= 0.3 is 6.09 Å². The van der Waals surface area contributed by atoms with E-state index in [2.05, 4.69) is 11.8 Å². The number of fused-ring (bicyclic) bond motifs is 1. The number of hydrogen-bond donors (Lipinski definition) is 0. The molecule has 0 N–H and O–H groups in total. The summed E-state index contributed by atoms with van der Waals surface area (Å²) in [7, 11) is 0. The molecule has 2 aromatic carbocycles. The third-order valence-corrected chi connectivity index (χ3v) is 5.63. The third-order valence-electron chi connectivity index (χ3n) is 5.63. The number of carbonyl (C=O) groups is 1. The van der Waals surface area contributed by atoms with E-state index in [9.17, 15) is 9.59 Å². The molecular weight excluding hydrogens is 402 g/mol. The molecule has 1 aliphatic heterocycles.